The van der Waals surface area contributed by atoms with Crippen LogP contribution in [0.3, 0.4) is 0 Å². The van der Waals surface area contributed by atoms with Gasteiger partial charge in [0.1, 0.15) is 5.69 Å². The lowest BCUT2D eigenvalue weighted by Crippen LogP contribution is -2.46. The molecule has 0 saturated carbocycles. The number of carbonyl (C=O) groups is 1. The van der Waals surface area contributed by atoms with Crippen molar-refractivity contribution in [3.63, 3.8) is 0 Å². The molecule has 2 aliphatic rings. The first-order valence-electron chi connectivity index (χ1n) is 11.2. The number of aromatic nitrogens is 2. The maximum Gasteiger partial charge on any atom is 0.270 e. The van der Waals surface area contributed by atoms with Gasteiger partial charge in [0.2, 0.25) is 0 Å². The van der Waals surface area contributed by atoms with Crippen molar-refractivity contribution in [3.8, 4) is 0 Å². The molecule has 0 unspecified atom stereocenters. The highest BCUT2D eigenvalue weighted by molar-refractivity contribution is 6.10. The lowest BCUT2D eigenvalue weighted by Gasteiger charge is -2.36. The Morgan fingerprint density at radius 1 is 1.00 bits per heavy atom. The summed E-state index contributed by atoms with van der Waals surface area (Å²) in [5.74, 6) is 0.183. The second kappa shape index (κ2) is 7.21. The number of nitrogens with zero attached hydrogens (tertiary/aromatic N) is 4. The lowest BCUT2D eigenvalue weighted by molar-refractivity contribution is 0.0636. The number of likely N-dealkylation sites (tertiary alicyclic amines) is 2. The monoisotopic (exact) mass is 392 g/mol. The van der Waals surface area contributed by atoms with Gasteiger partial charge in [-0.1, -0.05) is 18.2 Å². The third-order valence-electron chi connectivity index (χ3n) is 7.04. The van der Waals surface area contributed by atoms with Crippen molar-refractivity contribution in [2.45, 2.75) is 51.6 Å². The van der Waals surface area contributed by atoms with Crippen LogP contribution in [0.5, 0.6) is 0 Å². The minimum absolute atomic E-state index is 0.183. The van der Waals surface area contributed by atoms with Crippen LogP contribution >= 0.6 is 0 Å². The first-order valence-corrected chi connectivity index (χ1v) is 11.2. The van der Waals surface area contributed by atoms with E-state index in [0.29, 0.717) is 12.1 Å². The number of hydrogen-bond donors (Lipinski definition) is 0. The SMILES string of the molecule is CC(C)n1c2ccccc2c2c1cc(C(=O)N1CCC(N3CCCC3)CC1)n2C. The van der Waals surface area contributed by atoms with Crippen molar-refractivity contribution in [1.29, 1.82) is 0 Å². The van der Waals surface area contributed by atoms with Crippen LogP contribution < -0.4 is 0 Å². The van der Waals surface area contributed by atoms with Gasteiger partial charge in [-0.2, -0.15) is 0 Å². The van der Waals surface area contributed by atoms with Crippen LogP contribution in [-0.4, -0.2) is 57.1 Å². The van der Waals surface area contributed by atoms with Crippen molar-refractivity contribution < 1.29 is 4.79 Å². The molecular weight excluding hydrogens is 360 g/mol. The Morgan fingerprint density at radius 3 is 2.38 bits per heavy atom. The van der Waals surface area contributed by atoms with Crippen molar-refractivity contribution in [2.24, 2.45) is 7.05 Å². The largest absolute Gasteiger partial charge is 0.338 e. The van der Waals surface area contributed by atoms with Gasteiger partial charge < -0.3 is 18.9 Å². The minimum Gasteiger partial charge on any atom is -0.338 e. The smallest absolute Gasteiger partial charge is 0.270 e. The second-order valence-corrected chi connectivity index (χ2v) is 9.07. The Morgan fingerprint density at radius 2 is 1.69 bits per heavy atom. The Labute approximate surface area is 172 Å². The molecule has 0 radical (unpaired) electrons. The summed E-state index contributed by atoms with van der Waals surface area (Å²) in [4.78, 5) is 18.1. The summed E-state index contributed by atoms with van der Waals surface area (Å²) in [7, 11) is 2.05. The highest BCUT2D eigenvalue weighted by Crippen LogP contribution is 2.34. The van der Waals surface area contributed by atoms with E-state index in [4.69, 9.17) is 0 Å². The van der Waals surface area contributed by atoms with Gasteiger partial charge in [-0.3, -0.25) is 4.79 Å². The zero-order valence-electron chi connectivity index (χ0n) is 17.9. The van der Waals surface area contributed by atoms with Gasteiger partial charge in [0.05, 0.1) is 16.6 Å². The number of rotatable bonds is 3. The summed E-state index contributed by atoms with van der Waals surface area (Å²) >= 11 is 0. The quantitative estimate of drug-likeness (QED) is 0.661. The number of benzene rings is 1. The topological polar surface area (TPSA) is 33.4 Å². The molecule has 5 nitrogen and oxygen atoms in total. The first-order chi connectivity index (χ1) is 14.1. The van der Waals surface area contributed by atoms with E-state index in [1.807, 2.05) is 7.05 Å². The van der Waals surface area contributed by atoms with E-state index < -0.39 is 0 Å². The summed E-state index contributed by atoms with van der Waals surface area (Å²) in [6.45, 7) is 8.66. The number of para-hydroxylation sites is 1. The van der Waals surface area contributed by atoms with Crippen LogP contribution in [0.2, 0.25) is 0 Å². The van der Waals surface area contributed by atoms with Gasteiger partial charge in [0.15, 0.2) is 0 Å². The molecule has 2 saturated heterocycles. The van der Waals surface area contributed by atoms with Crippen LogP contribution in [0.1, 0.15) is 56.1 Å². The molecule has 0 spiro atoms. The summed E-state index contributed by atoms with van der Waals surface area (Å²) in [5.41, 5.74) is 4.40. The normalized spacial score (nSPS) is 19.2. The Kier molecular flexibility index (Phi) is 4.66. The molecule has 1 aromatic carbocycles. The van der Waals surface area contributed by atoms with E-state index in [9.17, 15) is 4.79 Å². The molecule has 2 aromatic heterocycles. The van der Waals surface area contributed by atoms with Gasteiger partial charge in [0, 0.05) is 37.6 Å². The molecule has 0 atom stereocenters. The van der Waals surface area contributed by atoms with Crippen LogP contribution in [-0.2, 0) is 7.05 Å². The molecule has 1 amide bonds. The molecule has 2 aliphatic heterocycles. The molecule has 0 bridgehead atoms. The van der Waals surface area contributed by atoms with E-state index in [2.05, 4.69) is 63.1 Å². The molecular formula is C24H32N4O. The summed E-state index contributed by atoms with van der Waals surface area (Å²) in [5, 5.41) is 1.23. The fourth-order valence-electron chi connectivity index (χ4n) is 5.57. The summed E-state index contributed by atoms with van der Waals surface area (Å²) < 4.78 is 4.48. The van der Waals surface area contributed by atoms with Crippen LogP contribution in [0.15, 0.2) is 30.3 Å². The van der Waals surface area contributed by atoms with Gasteiger partial charge >= 0.3 is 0 Å². The van der Waals surface area contributed by atoms with Crippen LogP contribution in [0, 0.1) is 0 Å². The number of amides is 1. The maximum atomic E-state index is 13.4. The number of aryl methyl sites for hydroxylation is 1. The first kappa shape index (κ1) is 18.7. The Bertz CT molecular complexity index is 1050. The molecule has 29 heavy (non-hydrogen) atoms. The average Bonchev–Trinajstić information content (AvgIpc) is 3.43. The van der Waals surface area contributed by atoms with Gasteiger partial charge in [-0.25, -0.2) is 0 Å². The summed E-state index contributed by atoms with van der Waals surface area (Å²) in [6.07, 6.45) is 4.89. The fraction of sp³-hybridized carbons (Fsp3) is 0.542. The van der Waals surface area contributed by atoms with Crippen LogP contribution in [0.25, 0.3) is 21.9 Å². The molecule has 5 rings (SSSR count). The number of piperidine rings is 1. The standard InChI is InChI=1S/C24H32N4O/c1-17(2)28-20-9-5-4-8-19(20)23-21(28)16-22(25(23)3)24(29)27-14-10-18(11-15-27)26-12-6-7-13-26/h4-5,8-9,16-18H,6-7,10-15H2,1-3H3. The average molecular weight is 393 g/mol. The predicted octanol–water partition coefficient (Wildman–Crippen LogP) is 4.41. The highest BCUT2D eigenvalue weighted by Gasteiger charge is 2.30. The van der Waals surface area contributed by atoms with E-state index in [-0.39, 0.29) is 5.91 Å². The Balaban J connectivity index is 1.45. The number of carbonyl (C=O) groups excluding carboxylic acids is 1. The van der Waals surface area contributed by atoms with E-state index >= 15 is 0 Å². The maximum absolute atomic E-state index is 13.4. The molecule has 0 aliphatic carbocycles. The zero-order chi connectivity index (χ0) is 20.1. The van der Waals surface area contributed by atoms with Crippen molar-refractivity contribution in [2.75, 3.05) is 26.2 Å². The predicted molar refractivity (Wildman–Crippen MR) is 119 cm³/mol. The molecule has 154 valence electrons. The highest BCUT2D eigenvalue weighted by atomic mass is 16.2. The molecule has 0 N–H and O–H groups in total. The molecule has 2 fully saturated rings. The molecule has 3 aromatic rings. The number of fused-ring (bicyclic) bond motifs is 3. The van der Waals surface area contributed by atoms with Gasteiger partial charge in [-0.15, -0.1) is 0 Å². The minimum atomic E-state index is 0.183. The van der Waals surface area contributed by atoms with Gasteiger partial charge in [0.25, 0.3) is 5.91 Å². The third-order valence-corrected chi connectivity index (χ3v) is 7.04. The third kappa shape index (κ3) is 2.98. The molecule has 5 heteroatoms. The fourth-order valence-corrected chi connectivity index (χ4v) is 5.57. The summed E-state index contributed by atoms with van der Waals surface area (Å²) in [6, 6.07) is 11.7. The molecule has 4 heterocycles. The number of hydrogen-bond acceptors (Lipinski definition) is 2. The van der Waals surface area contributed by atoms with Crippen molar-refractivity contribution in [1.82, 2.24) is 18.9 Å². The zero-order valence-corrected chi connectivity index (χ0v) is 17.9. The van der Waals surface area contributed by atoms with Crippen molar-refractivity contribution >= 4 is 27.8 Å². The van der Waals surface area contributed by atoms with Crippen LogP contribution in [0.4, 0.5) is 0 Å². The second-order valence-electron chi connectivity index (χ2n) is 9.07. The van der Waals surface area contributed by atoms with Crippen molar-refractivity contribution in [3.05, 3.63) is 36.0 Å². The van der Waals surface area contributed by atoms with Gasteiger partial charge in [-0.05, 0) is 64.8 Å². The van der Waals surface area contributed by atoms with E-state index in [1.165, 1.54) is 47.9 Å². The Hall–Kier alpha value is -2.27. The lowest BCUT2D eigenvalue weighted by atomic mass is 10.0. The van der Waals surface area contributed by atoms with E-state index in [0.717, 1.165) is 31.6 Å². The van der Waals surface area contributed by atoms with E-state index in [1.54, 1.807) is 0 Å².